The number of amides is 1. The van der Waals surface area contributed by atoms with Crippen LogP contribution in [0.25, 0.3) is 21.3 Å². The monoisotopic (exact) mass is 381 g/mol. The molecule has 2 aromatic carbocycles. The van der Waals surface area contributed by atoms with E-state index in [2.05, 4.69) is 29.5 Å². The predicted molar refractivity (Wildman–Crippen MR) is 108 cm³/mol. The molecule has 26 heavy (non-hydrogen) atoms. The Morgan fingerprint density at radius 2 is 2.00 bits per heavy atom. The minimum Gasteiger partial charge on any atom is -0.320 e. The average Bonchev–Trinajstić information content (AvgIpc) is 3.22. The molecule has 0 bridgehead atoms. The summed E-state index contributed by atoms with van der Waals surface area (Å²) in [6, 6.07) is 15.2. The number of hydrogen-bond donors (Lipinski definition) is 1. The topological polar surface area (TPSA) is 46.9 Å². The van der Waals surface area contributed by atoms with Gasteiger partial charge in [0.1, 0.15) is 0 Å². The molecule has 4 aromatic rings. The van der Waals surface area contributed by atoms with Gasteiger partial charge in [0.15, 0.2) is 0 Å². The van der Waals surface area contributed by atoms with Crippen molar-refractivity contribution in [2.24, 2.45) is 7.05 Å². The molecule has 0 atom stereocenters. The molecule has 0 aliphatic rings. The van der Waals surface area contributed by atoms with Gasteiger partial charge in [-0.15, -0.1) is 11.3 Å². The second kappa shape index (κ2) is 6.59. The van der Waals surface area contributed by atoms with Crippen molar-refractivity contribution in [2.45, 2.75) is 6.92 Å². The van der Waals surface area contributed by atoms with E-state index in [1.807, 2.05) is 42.2 Å². The summed E-state index contributed by atoms with van der Waals surface area (Å²) in [4.78, 5) is 14.2. The summed E-state index contributed by atoms with van der Waals surface area (Å²) in [5.41, 5.74) is 3.81. The fourth-order valence-electron chi connectivity index (χ4n) is 2.93. The summed E-state index contributed by atoms with van der Waals surface area (Å²) in [5.74, 6) is -0.161. The van der Waals surface area contributed by atoms with Crippen molar-refractivity contribution >= 4 is 45.4 Å². The molecule has 0 fully saturated rings. The molecule has 0 saturated heterocycles. The van der Waals surface area contributed by atoms with E-state index < -0.39 is 0 Å². The van der Waals surface area contributed by atoms with E-state index >= 15 is 0 Å². The number of carbonyl (C=O) groups excluding carboxylic acids is 1. The molecule has 2 aromatic heterocycles. The molecular weight excluding hydrogens is 366 g/mol. The van der Waals surface area contributed by atoms with Crippen molar-refractivity contribution in [3.63, 3.8) is 0 Å². The summed E-state index contributed by atoms with van der Waals surface area (Å²) in [6.45, 7) is 2.07. The summed E-state index contributed by atoms with van der Waals surface area (Å²) in [7, 11) is 1.91. The maximum atomic E-state index is 12.5. The Bertz CT molecular complexity index is 1130. The molecule has 4 rings (SSSR count). The van der Waals surface area contributed by atoms with Gasteiger partial charge in [0.05, 0.1) is 21.1 Å². The number of aryl methyl sites for hydroxylation is 2. The van der Waals surface area contributed by atoms with Crippen LogP contribution in [-0.2, 0) is 7.05 Å². The molecule has 0 aliphatic carbocycles. The maximum absolute atomic E-state index is 12.5. The first-order valence-electron chi connectivity index (χ1n) is 8.11. The minimum atomic E-state index is -0.161. The van der Waals surface area contributed by atoms with Crippen molar-refractivity contribution in [3.8, 4) is 10.4 Å². The zero-order valence-electron chi connectivity index (χ0n) is 14.3. The maximum Gasteiger partial charge on any atom is 0.265 e. The summed E-state index contributed by atoms with van der Waals surface area (Å²) >= 11 is 7.57. The number of fused-ring (bicyclic) bond motifs is 1. The van der Waals surface area contributed by atoms with E-state index in [9.17, 15) is 4.79 Å². The van der Waals surface area contributed by atoms with Gasteiger partial charge < -0.3 is 5.32 Å². The Balaban J connectivity index is 1.64. The number of nitrogens with one attached hydrogen (secondary N) is 1. The van der Waals surface area contributed by atoms with Crippen LogP contribution in [0.4, 0.5) is 5.69 Å². The number of para-hydroxylation sites is 1. The highest BCUT2D eigenvalue weighted by Gasteiger charge is 2.14. The molecule has 0 spiro atoms. The van der Waals surface area contributed by atoms with Gasteiger partial charge in [-0.1, -0.05) is 23.7 Å². The van der Waals surface area contributed by atoms with Crippen LogP contribution in [0.2, 0.25) is 5.02 Å². The number of carbonyl (C=O) groups is 1. The van der Waals surface area contributed by atoms with E-state index in [1.165, 1.54) is 11.3 Å². The van der Waals surface area contributed by atoms with E-state index in [0.29, 0.717) is 15.6 Å². The average molecular weight is 382 g/mol. The number of benzene rings is 2. The van der Waals surface area contributed by atoms with Crippen LogP contribution < -0.4 is 5.32 Å². The quantitative estimate of drug-likeness (QED) is 0.508. The fraction of sp³-hybridized carbons (Fsp3) is 0.100. The lowest BCUT2D eigenvalue weighted by Gasteiger charge is -2.05. The lowest BCUT2D eigenvalue weighted by molar-refractivity contribution is 0.103. The van der Waals surface area contributed by atoms with E-state index in [4.69, 9.17) is 11.6 Å². The second-order valence-electron chi connectivity index (χ2n) is 6.13. The second-order valence-corrected chi connectivity index (χ2v) is 7.62. The summed E-state index contributed by atoms with van der Waals surface area (Å²) in [5, 5.41) is 8.97. The Kier molecular flexibility index (Phi) is 4.26. The highest BCUT2D eigenvalue weighted by molar-refractivity contribution is 7.17. The van der Waals surface area contributed by atoms with Gasteiger partial charge >= 0.3 is 0 Å². The van der Waals surface area contributed by atoms with Crippen LogP contribution in [0, 0.1) is 6.92 Å². The number of rotatable bonds is 3. The minimum absolute atomic E-state index is 0.161. The van der Waals surface area contributed by atoms with Crippen LogP contribution >= 0.6 is 22.9 Å². The first kappa shape index (κ1) is 16.8. The van der Waals surface area contributed by atoms with E-state index in [0.717, 1.165) is 26.9 Å². The molecule has 0 radical (unpaired) electrons. The van der Waals surface area contributed by atoms with Gasteiger partial charge in [-0.3, -0.25) is 9.48 Å². The predicted octanol–water partition coefficient (Wildman–Crippen LogP) is 5.52. The normalized spacial score (nSPS) is 11.0. The fourth-order valence-corrected chi connectivity index (χ4v) is 4.09. The first-order valence-corrected chi connectivity index (χ1v) is 9.31. The van der Waals surface area contributed by atoms with Crippen molar-refractivity contribution in [1.29, 1.82) is 0 Å². The smallest absolute Gasteiger partial charge is 0.265 e. The number of anilines is 1. The molecule has 0 saturated carbocycles. The lowest BCUT2D eigenvalue weighted by Crippen LogP contribution is -2.10. The Morgan fingerprint density at radius 1 is 1.19 bits per heavy atom. The molecular formula is C20H16ClN3OS. The van der Waals surface area contributed by atoms with Crippen LogP contribution in [-0.4, -0.2) is 15.7 Å². The van der Waals surface area contributed by atoms with Crippen LogP contribution in [0.5, 0.6) is 0 Å². The largest absolute Gasteiger partial charge is 0.320 e. The van der Waals surface area contributed by atoms with Crippen molar-refractivity contribution in [1.82, 2.24) is 9.78 Å². The standard InChI is InChI=1S/C20H16ClN3OS/c1-12-9-13-11-24(2)23-17(13)10-14(12)18-7-8-19(26-18)20(25)22-16-6-4-3-5-15(16)21/h3-11H,1-2H3,(H,22,25). The SMILES string of the molecule is Cc1cc2cn(C)nc2cc1-c1ccc(C(=O)Nc2ccccc2Cl)s1. The third-order valence-corrected chi connectivity index (χ3v) is 5.63. The van der Waals surface area contributed by atoms with Gasteiger partial charge in [0.25, 0.3) is 5.91 Å². The Labute approximate surface area is 160 Å². The van der Waals surface area contributed by atoms with Crippen molar-refractivity contribution < 1.29 is 4.79 Å². The Hall–Kier alpha value is -2.63. The van der Waals surface area contributed by atoms with Crippen LogP contribution in [0.3, 0.4) is 0 Å². The Morgan fingerprint density at radius 3 is 2.81 bits per heavy atom. The molecule has 2 heterocycles. The molecule has 1 N–H and O–H groups in total. The molecule has 130 valence electrons. The van der Waals surface area contributed by atoms with Gasteiger partial charge in [-0.05, 0) is 54.4 Å². The third kappa shape index (κ3) is 3.11. The van der Waals surface area contributed by atoms with Crippen LogP contribution in [0.1, 0.15) is 15.2 Å². The molecule has 4 nitrogen and oxygen atoms in total. The number of thiophene rings is 1. The summed E-state index contributed by atoms with van der Waals surface area (Å²) in [6.07, 6.45) is 2.00. The van der Waals surface area contributed by atoms with Crippen molar-refractivity contribution in [2.75, 3.05) is 5.32 Å². The molecule has 1 amide bonds. The highest BCUT2D eigenvalue weighted by atomic mass is 35.5. The number of hydrogen-bond acceptors (Lipinski definition) is 3. The molecule has 6 heteroatoms. The number of nitrogens with zero attached hydrogens (tertiary/aromatic N) is 2. The molecule has 0 unspecified atom stereocenters. The lowest BCUT2D eigenvalue weighted by atomic mass is 10.1. The molecule has 0 aliphatic heterocycles. The zero-order chi connectivity index (χ0) is 18.3. The van der Waals surface area contributed by atoms with Crippen molar-refractivity contribution in [3.05, 3.63) is 70.2 Å². The summed E-state index contributed by atoms with van der Waals surface area (Å²) < 4.78 is 1.81. The van der Waals surface area contributed by atoms with E-state index in [1.54, 1.807) is 12.1 Å². The zero-order valence-corrected chi connectivity index (χ0v) is 15.9. The highest BCUT2D eigenvalue weighted by Crippen LogP contribution is 2.33. The first-order chi connectivity index (χ1) is 12.5. The van der Waals surface area contributed by atoms with Gasteiger partial charge in [-0.25, -0.2) is 0 Å². The van der Waals surface area contributed by atoms with Crippen LogP contribution in [0.15, 0.2) is 54.7 Å². The van der Waals surface area contributed by atoms with Gasteiger partial charge in [0.2, 0.25) is 0 Å². The van der Waals surface area contributed by atoms with Gasteiger partial charge in [0, 0.05) is 23.5 Å². The number of aromatic nitrogens is 2. The third-order valence-electron chi connectivity index (χ3n) is 4.18. The number of halogens is 1. The van der Waals surface area contributed by atoms with E-state index in [-0.39, 0.29) is 5.91 Å². The van der Waals surface area contributed by atoms with Gasteiger partial charge in [-0.2, -0.15) is 5.10 Å².